The van der Waals surface area contributed by atoms with Crippen molar-refractivity contribution in [3.63, 3.8) is 0 Å². The van der Waals surface area contributed by atoms with E-state index in [1.54, 1.807) is 0 Å². The average molecular weight is 234 g/mol. The van der Waals surface area contributed by atoms with Crippen LogP contribution >= 0.6 is 0 Å². The minimum Gasteiger partial charge on any atom is -0.0956 e. The lowest BCUT2D eigenvalue weighted by Gasteiger charge is -2.04. The van der Waals surface area contributed by atoms with E-state index in [1.165, 1.54) is 22.3 Å². The highest BCUT2D eigenvalue weighted by Gasteiger charge is 1.95. The molecule has 0 heterocycles. The van der Waals surface area contributed by atoms with Crippen molar-refractivity contribution in [1.82, 2.24) is 0 Å². The van der Waals surface area contributed by atoms with Crippen LogP contribution in [-0.4, -0.2) is 0 Å². The van der Waals surface area contributed by atoms with E-state index in [4.69, 9.17) is 0 Å². The molecule has 0 bridgehead atoms. The van der Waals surface area contributed by atoms with E-state index in [1.807, 2.05) is 13.8 Å². The van der Waals surface area contributed by atoms with Crippen LogP contribution in [0.25, 0.3) is 0 Å². The molecule has 0 saturated carbocycles. The summed E-state index contributed by atoms with van der Waals surface area (Å²) < 4.78 is 0. The summed E-state index contributed by atoms with van der Waals surface area (Å²) in [6.07, 6.45) is 8.67. The van der Waals surface area contributed by atoms with Gasteiger partial charge in [0.25, 0.3) is 0 Å². The summed E-state index contributed by atoms with van der Waals surface area (Å²) in [5.41, 5.74) is 5.27. The number of rotatable bonds is 5. The lowest BCUT2D eigenvalue weighted by Crippen LogP contribution is -1.84. The zero-order chi connectivity index (χ0) is 13.8. The topological polar surface area (TPSA) is 0 Å². The molecule has 17 heavy (non-hydrogen) atoms. The van der Waals surface area contributed by atoms with Crippen molar-refractivity contribution in [2.75, 3.05) is 0 Å². The van der Waals surface area contributed by atoms with Crippen LogP contribution in [0.1, 0.15) is 61.3 Å². The monoisotopic (exact) mass is 234 g/mol. The molecule has 0 amide bonds. The van der Waals surface area contributed by atoms with Crippen LogP contribution in [0.2, 0.25) is 0 Å². The fraction of sp³-hybridized carbons (Fsp3) is 0.529. The summed E-state index contributed by atoms with van der Waals surface area (Å²) in [4.78, 5) is 0. The number of hydrogen-bond acceptors (Lipinski definition) is 0. The van der Waals surface area contributed by atoms with Crippen LogP contribution in [0.15, 0.2) is 47.1 Å². The van der Waals surface area contributed by atoms with Crippen LogP contribution in [0.4, 0.5) is 0 Å². The molecule has 0 aromatic rings. The smallest absolute Gasteiger partial charge is 0.0308 e. The van der Waals surface area contributed by atoms with Gasteiger partial charge >= 0.3 is 0 Å². The maximum Gasteiger partial charge on any atom is -0.0308 e. The van der Waals surface area contributed by atoms with E-state index in [0.29, 0.717) is 0 Å². The summed E-state index contributed by atoms with van der Waals surface area (Å²) in [6.45, 7) is 18.7. The van der Waals surface area contributed by atoms with Gasteiger partial charge in [0, 0.05) is 0 Å². The van der Waals surface area contributed by atoms with Crippen LogP contribution in [0.5, 0.6) is 0 Å². The van der Waals surface area contributed by atoms with Gasteiger partial charge in [-0.2, -0.15) is 0 Å². The third-order valence-electron chi connectivity index (χ3n) is 2.80. The van der Waals surface area contributed by atoms with Crippen molar-refractivity contribution in [2.24, 2.45) is 0 Å². The average Bonchev–Trinajstić information content (AvgIpc) is 2.38. The lowest BCUT2D eigenvalue weighted by molar-refractivity contribution is 1.09. The second-order valence-electron chi connectivity index (χ2n) is 3.82. The molecule has 98 valence electrons. The van der Waals surface area contributed by atoms with E-state index in [-0.39, 0.29) is 0 Å². The molecule has 0 heteroatoms. The molecule has 0 aromatic carbocycles. The molecule has 0 rings (SSSR count). The third-order valence-corrected chi connectivity index (χ3v) is 2.80. The molecule has 0 N–H and O–H groups in total. The van der Waals surface area contributed by atoms with Crippen molar-refractivity contribution in [3.8, 4) is 0 Å². The first-order chi connectivity index (χ1) is 8.06. The van der Waals surface area contributed by atoms with Crippen LogP contribution in [0, 0.1) is 0 Å². The minimum atomic E-state index is 1.03. The highest BCUT2D eigenvalue weighted by molar-refractivity contribution is 5.36. The maximum atomic E-state index is 4.02. The predicted molar refractivity (Wildman–Crippen MR) is 82.3 cm³/mol. The SMILES string of the molecule is C=C(CC)/C(C)=C/C=C(C)\C(=C\C)CC.CC. The fourth-order valence-electron chi connectivity index (χ4n) is 1.46. The molecule has 0 aliphatic rings. The molecule has 0 fully saturated rings. The molecule has 0 nitrogen and oxygen atoms in total. The Morgan fingerprint density at radius 3 is 1.76 bits per heavy atom. The minimum absolute atomic E-state index is 1.03. The van der Waals surface area contributed by atoms with Crippen LogP contribution in [0.3, 0.4) is 0 Å². The van der Waals surface area contributed by atoms with Crippen molar-refractivity contribution >= 4 is 0 Å². The first kappa shape index (κ1) is 18.3. The van der Waals surface area contributed by atoms with Gasteiger partial charge in [-0.15, -0.1) is 0 Å². The first-order valence-corrected chi connectivity index (χ1v) is 6.75. The molecular weight excluding hydrogens is 204 g/mol. The first-order valence-electron chi connectivity index (χ1n) is 6.75. The molecule has 0 unspecified atom stereocenters. The highest BCUT2D eigenvalue weighted by Crippen LogP contribution is 2.15. The van der Waals surface area contributed by atoms with Gasteiger partial charge < -0.3 is 0 Å². The van der Waals surface area contributed by atoms with Gasteiger partial charge in [-0.25, -0.2) is 0 Å². The van der Waals surface area contributed by atoms with Gasteiger partial charge in [-0.05, 0) is 50.3 Å². The Morgan fingerprint density at radius 1 is 0.941 bits per heavy atom. The molecule has 0 aliphatic heterocycles. The molecular formula is C17H30. The Kier molecular flexibility index (Phi) is 12.3. The van der Waals surface area contributed by atoms with Crippen LogP contribution in [-0.2, 0) is 0 Å². The number of allylic oxidation sites excluding steroid dienone is 7. The van der Waals surface area contributed by atoms with Crippen molar-refractivity contribution in [3.05, 3.63) is 47.1 Å². The van der Waals surface area contributed by atoms with Gasteiger partial charge in [0.15, 0.2) is 0 Å². The van der Waals surface area contributed by atoms with E-state index >= 15 is 0 Å². The second kappa shape index (κ2) is 11.4. The largest absolute Gasteiger partial charge is 0.0956 e. The molecule has 0 aliphatic carbocycles. The van der Waals surface area contributed by atoms with Crippen LogP contribution < -0.4 is 0 Å². The van der Waals surface area contributed by atoms with Gasteiger partial charge in [0.05, 0.1) is 0 Å². The standard InChI is InChI=1S/C15H24.C2H6/c1-7-12(4)13(5)10-11-14(6)15(8-2)9-3;1-2/h8,10-11H,4,7,9H2,1-3,5-6H3;1-2H3/b13-10+,14-11-,15-8+;. The van der Waals surface area contributed by atoms with Crippen molar-refractivity contribution in [2.45, 2.75) is 61.3 Å². The Bertz CT molecular complexity index is 298. The summed E-state index contributed by atoms with van der Waals surface area (Å²) in [5.74, 6) is 0. The zero-order valence-electron chi connectivity index (χ0n) is 12.9. The lowest BCUT2D eigenvalue weighted by atomic mass is 10.0. The van der Waals surface area contributed by atoms with Crippen molar-refractivity contribution < 1.29 is 0 Å². The highest BCUT2D eigenvalue weighted by atomic mass is 14.0. The van der Waals surface area contributed by atoms with E-state index < -0.39 is 0 Å². The summed E-state index contributed by atoms with van der Waals surface area (Å²) in [6, 6.07) is 0. The van der Waals surface area contributed by atoms with Gasteiger partial charge in [-0.3, -0.25) is 0 Å². The van der Waals surface area contributed by atoms with E-state index in [2.05, 4.69) is 59.4 Å². The van der Waals surface area contributed by atoms with Crippen molar-refractivity contribution in [1.29, 1.82) is 0 Å². The second-order valence-corrected chi connectivity index (χ2v) is 3.82. The summed E-state index contributed by atoms with van der Waals surface area (Å²) in [7, 11) is 0. The number of hydrogen-bond donors (Lipinski definition) is 0. The van der Waals surface area contributed by atoms with Gasteiger partial charge in [-0.1, -0.05) is 58.1 Å². The van der Waals surface area contributed by atoms with E-state index in [0.717, 1.165) is 12.8 Å². The molecule has 0 spiro atoms. The molecule has 0 saturated heterocycles. The normalized spacial score (nSPS) is 13.0. The Hall–Kier alpha value is -1.04. The Morgan fingerprint density at radius 2 is 1.41 bits per heavy atom. The fourth-order valence-corrected chi connectivity index (χ4v) is 1.46. The zero-order valence-corrected chi connectivity index (χ0v) is 12.9. The predicted octanol–water partition coefficient (Wildman–Crippen LogP) is 6.23. The molecule has 0 aromatic heterocycles. The Balaban J connectivity index is 0. The summed E-state index contributed by atoms with van der Waals surface area (Å²) >= 11 is 0. The molecule has 0 radical (unpaired) electrons. The molecule has 0 atom stereocenters. The summed E-state index contributed by atoms with van der Waals surface area (Å²) in [5, 5.41) is 0. The van der Waals surface area contributed by atoms with Gasteiger partial charge in [0.2, 0.25) is 0 Å². The van der Waals surface area contributed by atoms with Gasteiger partial charge in [0.1, 0.15) is 0 Å². The third kappa shape index (κ3) is 7.79. The Labute approximate surface area is 109 Å². The quantitative estimate of drug-likeness (QED) is 0.495. The maximum absolute atomic E-state index is 4.02. The van der Waals surface area contributed by atoms with E-state index in [9.17, 15) is 0 Å².